The SMILES string of the molecule is Cc1c(C#N)c(NC(=O)COC(=O)/C=C/c2ccco2)n(-c2ccccc2)c1C. The summed E-state index contributed by atoms with van der Waals surface area (Å²) < 4.78 is 11.8. The zero-order valence-corrected chi connectivity index (χ0v) is 16.0. The number of nitrogens with one attached hydrogen (secondary N) is 1. The molecule has 0 aliphatic heterocycles. The van der Waals surface area contributed by atoms with Gasteiger partial charge in [-0.3, -0.25) is 9.36 Å². The van der Waals surface area contributed by atoms with Crippen molar-refractivity contribution in [2.24, 2.45) is 0 Å². The number of furan rings is 1. The average molecular weight is 389 g/mol. The highest BCUT2D eigenvalue weighted by Gasteiger charge is 2.21. The number of ether oxygens (including phenoxy) is 1. The van der Waals surface area contributed by atoms with E-state index in [4.69, 9.17) is 9.15 Å². The lowest BCUT2D eigenvalue weighted by atomic mass is 10.2. The Morgan fingerprint density at radius 1 is 1.21 bits per heavy atom. The van der Waals surface area contributed by atoms with Crippen LogP contribution < -0.4 is 5.32 Å². The summed E-state index contributed by atoms with van der Waals surface area (Å²) in [4.78, 5) is 24.1. The number of hydrogen-bond acceptors (Lipinski definition) is 5. The van der Waals surface area contributed by atoms with Gasteiger partial charge in [-0.15, -0.1) is 0 Å². The van der Waals surface area contributed by atoms with Crippen molar-refractivity contribution in [3.63, 3.8) is 0 Å². The number of nitrogens with zero attached hydrogens (tertiary/aromatic N) is 2. The maximum absolute atomic E-state index is 12.4. The van der Waals surface area contributed by atoms with Gasteiger partial charge in [0.1, 0.15) is 17.6 Å². The number of carbonyl (C=O) groups excluding carboxylic acids is 2. The molecule has 0 fully saturated rings. The highest BCUT2D eigenvalue weighted by atomic mass is 16.5. The number of para-hydroxylation sites is 1. The molecule has 0 bridgehead atoms. The van der Waals surface area contributed by atoms with E-state index in [1.165, 1.54) is 18.4 Å². The Labute approximate surface area is 167 Å². The van der Waals surface area contributed by atoms with Crippen LogP contribution in [0.4, 0.5) is 5.82 Å². The quantitative estimate of drug-likeness (QED) is 0.511. The van der Waals surface area contributed by atoms with E-state index < -0.39 is 18.5 Å². The number of aromatic nitrogens is 1. The van der Waals surface area contributed by atoms with Gasteiger partial charge < -0.3 is 14.5 Å². The van der Waals surface area contributed by atoms with Crippen LogP contribution in [0.1, 0.15) is 22.6 Å². The van der Waals surface area contributed by atoms with Gasteiger partial charge >= 0.3 is 5.97 Å². The van der Waals surface area contributed by atoms with Crippen molar-refractivity contribution < 1.29 is 18.7 Å². The molecule has 0 saturated heterocycles. The fraction of sp³-hybridized carbons (Fsp3) is 0.136. The topological polar surface area (TPSA) is 97.3 Å². The van der Waals surface area contributed by atoms with Crippen molar-refractivity contribution in [1.29, 1.82) is 5.26 Å². The van der Waals surface area contributed by atoms with E-state index in [1.807, 2.05) is 44.2 Å². The van der Waals surface area contributed by atoms with Crippen LogP contribution in [0.15, 0.2) is 59.2 Å². The van der Waals surface area contributed by atoms with Crippen LogP contribution in [0.5, 0.6) is 0 Å². The maximum Gasteiger partial charge on any atom is 0.331 e. The summed E-state index contributed by atoms with van der Waals surface area (Å²) in [5.41, 5.74) is 2.78. The minimum absolute atomic E-state index is 0.348. The van der Waals surface area contributed by atoms with Crippen molar-refractivity contribution in [1.82, 2.24) is 4.57 Å². The number of carbonyl (C=O) groups is 2. The van der Waals surface area contributed by atoms with Crippen LogP contribution in [-0.4, -0.2) is 23.1 Å². The second kappa shape index (κ2) is 8.76. The number of amides is 1. The first-order valence-electron chi connectivity index (χ1n) is 8.87. The van der Waals surface area contributed by atoms with Crippen molar-refractivity contribution in [3.05, 3.63) is 77.4 Å². The molecule has 3 rings (SSSR count). The Kier molecular flexibility index (Phi) is 5.95. The predicted molar refractivity (Wildman–Crippen MR) is 107 cm³/mol. The molecule has 1 aromatic carbocycles. The summed E-state index contributed by atoms with van der Waals surface area (Å²) in [6.45, 7) is 3.21. The van der Waals surface area contributed by atoms with E-state index in [-0.39, 0.29) is 0 Å². The molecule has 2 aromatic heterocycles. The molecular weight excluding hydrogens is 370 g/mol. The van der Waals surface area contributed by atoms with Crippen LogP contribution in [0.25, 0.3) is 11.8 Å². The lowest BCUT2D eigenvalue weighted by Crippen LogP contribution is -2.22. The third-order valence-corrected chi connectivity index (χ3v) is 4.37. The molecule has 1 N–H and O–H groups in total. The normalized spacial score (nSPS) is 10.7. The first-order chi connectivity index (χ1) is 14.0. The van der Waals surface area contributed by atoms with Crippen molar-refractivity contribution in [3.8, 4) is 11.8 Å². The number of anilines is 1. The third kappa shape index (κ3) is 4.45. The molecule has 0 aliphatic rings. The fourth-order valence-electron chi connectivity index (χ4n) is 2.85. The molecule has 29 heavy (non-hydrogen) atoms. The molecule has 0 atom stereocenters. The van der Waals surface area contributed by atoms with Gasteiger partial charge in [0.15, 0.2) is 6.61 Å². The smallest absolute Gasteiger partial charge is 0.331 e. The number of hydrogen-bond donors (Lipinski definition) is 1. The highest BCUT2D eigenvalue weighted by Crippen LogP contribution is 2.29. The van der Waals surface area contributed by atoms with Crippen molar-refractivity contribution >= 4 is 23.8 Å². The van der Waals surface area contributed by atoms with Gasteiger partial charge in [0.05, 0.1) is 11.8 Å². The lowest BCUT2D eigenvalue weighted by molar-refractivity contribution is -0.142. The van der Waals surface area contributed by atoms with Gasteiger partial charge in [0.25, 0.3) is 5.91 Å². The Bertz CT molecular complexity index is 1090. The molecule has 0 radical (unpaired) electrons. The second-order valence-corrected chi connectivity index (χ2v) is 6.22. The number of esters is 1. The molecule has 7 nitrogen and oxygen atoms in total. The minimum atomic E-state index is -0.678. The molecule has 2 heterocycles. The van der Waals surface area contributed by atoms with E-state index in [9.17, 15) is 14.9 Å². The lowest BCUT2D eigenvalue weighted by Gasteiger charge is -2.13. The van der Waals surface area contributed by atoms with Gasteiger partial charge in [-0.25, -0.2) is 4.79 Å². The van der Waals surface area contributed by atoms with Gasteiger partial charge in [-0.1, -0.05) is 18.2 Å². The predicted octanol–water partition coefficient (Wildman–Crippen LogP) is 3.75. The van der Waals surface area contributed by atoms with Crippen LogP contribution in [0.3, 0.4) is 0 Å². The molecule has 0 saturated carbocycles. The molecule has 3 aromatic rings. The third-order valence-electron chi connectivity index (χ3n) is 4.37. The molecular formula is C22H19N3O4. The van der Waals surface area contributed by atoms with Crippen LogP contribution >= 0.6 is 0 Å². The van der Waals surface area contributed by atoms with Gasteiger partial charge in [0, 0.05) is 17.5 Å². The zero-order valence-electron chi connectivity index (χ0n) is 16.0. The molecule has 146 valence electrons. The van der Waals surface area contributed by atoms with E-state index in [1.54, 1.807) is 16.7 Å². The summed E-state index contributed by atoms with van der Waals surface area (Å²) >= 11 is 0. The number of benzene rings is 1. The number of rotatable bonds is 6. The van der Waals surface area contributed by atoms with Crippen molar-refractivity contribution in [2.45, 2.75) is 13.8 Å². The van der Waals surface area contributed by atoms with Crippen LogP contribution in [0, 0.1) is 25.2 Å². The Hall–Kier alpha value is -4.05. The zero-order chi connectivity index (χ0) is 20.8. The van der Waals surface area contributed by atoms with Gasteiger partial charge in [-0.2, -0.15) is 5.26 Å². The number of nitriles is 1. The highest BCUT2D eigenvalue weighted by molar-refractivity contribution is 5.95. The van der Waals surface area contributed by atoms with Gasteiger partial charge in [-0.05, 0) is 49.8 Å². The van der Waals surface area contributed by atoms with Crippen molar-refractivity contribution in [2.75, 3.05) is 11.9 Å². The van der Waals surface area contributed by atoms with Crippen LogP contribution in [-0.2, 0) is 14.3 Å². The standard InChI is InChI=1S/C22H19N3O4/c1-15-16(2)25(17-7-4-3-5-8-17)22(19(15)13-23)24-20(26)14-29-21(27)11-10-18-9-6-12-28-18/h3-12H,14H2,1-2H3,(H,24,26)/b11-10+. The first kappa shape index (κ1) is 19.7. The van der Waals surface area contributed by atoms with E-state index in [0.29, 0.717) is 17.1 Å². The Morgan fingerprint density at radius 3 is 2.62 bits per heavy atom. The summed E-state index contributed by atoms with van der Waals surface area (Å²) in [6.07, 6.45) is 4.10. The molecule has 1 amide bonds. The second-order valence-electron chi connectivity index (χ2n) is 6.22. The summed E-state index contributed by atoms with van der Waals surface area (Å²) in [7, 11) is 0. The minimum Gasteiger partial charge on any atom is -0.465 e. The summed E-state index contributed by atoms with van der Waals surface area (Å²) in [5, 5.41) is 12.3. The largest absolute Gasteiger partial charge is 0.465 e. The fourth-order valence-corrected chi connectivity index (χ4v) is 2.85. The Balaban J connectivity index is 1.74. The van der Waals surface area contributed by atoms with E-state index in [2.05, 4.69) is 11.4 Å². The first-order valence-corrected chi connectivity index (χ1v) is 8.87. The van der Waals surface area contributed by atoms with Crippen LogP contribution in [0.2, 0.25) is 0 Å². The summed E-state index contributed by atoms with van der Waals surface area (Å²) in [5.74, 6) is -0.378. The van der Waals surface area contributed by atoms with Gasteiger partial charge in [0.2, 0.25) is 0 Å². The monoisotopic (exact) mass is 389 g/mol. The Morgan fingerprint density at radius 2 is 1.97 bits per heavy atom. The van der Waals surface area contributed by atoms with E-state index >= 15 is 0 Å². The molecule has 0 aliphatic carbocycles. The summed E-state index contributed by atoms with van der Waals surface area (Å²) in [6, 6.07) is 14.9. The maximum atomic E-state index is 12.4. The molecule has 0 unspecified atom stereocenters. The molecule has 7 heteroatoms. The van der Waals surface area contributed by atoms with E-state index in [0.717, 1.165) is 16.9 Å². The average Bonchev–Trinajstić information content (AvgIpc) is 3.32. The molecule has 0 spiro atoms.